The molecule has 0 aromatic rings. The third kappa shape index (κ3) is 3.34. The zero-order valence-corrected chi connectivity index (χ0v) is 7.07. The molecule has 1 unspecified atom stereocenters. The first-order valence-electron chi connectivity index (χ1n) is 3.43. The lowest BCUT2D eigenvalue weighted by atomic mass is 10.1. The average molecular weight is 176 g/mol. The molecule has 0 rings (SSSR count). The van der Waals surface area contributed by atoms with Crippen LogP contribution in [0.25, 0.3) is 0 Å². The van der Waals surface area contributed by atoms with Crippen molar-refractivity contribution < 1.29 is 24.2 Å². The SMILES string of the molecule is COCCC(C(=O)O)C(=O)OC. The van der Waals surface area contributed by atoms with Gasteiger partial charge in [0.15, 0.2) is 5.92 Å². The van der Waals surface area contributed by atoms with E-state index in [1.54, 1.807) is 0 Å². The van der Waals surface area contributed by atoms with Gasteiger partial charge in [0.2, 0.25) is 0 Å². The average Bonchev–Trinajstić information content (AvgIpc) is 2.04. The molecule has 0 aliphatic carbocycles. The quantitative estimate of drug-likeness (QED) is 0.467. The summed E-state index contributed by atoms with van der Waals surface area (Å²) in [5, 5.41) is 8.55. The summed E-state index contributed by atoms with van der Waals surface area (Å²) in [5.41, 5.74) is 0. The van der Waals surface area contributed by atoms with Crippen LogP contribution in [0.15, 0.2) is 0 Å². The van der Waals surface area contributed by atoms with Gasteiger partial charge in [-0.1, -0.05) is 0 Å². The number of hydrogen-bond donors (Lipinski definition) is 1. The molecule has 0 aromatic carbocycles. The van der Waals surface area contributed by atoms with Crippen molar-refractivity contribution in [1.29, 1.82) is 0 Å². The van der Waals surface area contributed by atoms with Crippen molar-refractivity contribution in [2.24, 2.45) is 5.92 Å². The van der Waals surface area contributed by atoms with Gasteiger partial charge in [-0.15, -0.1) is 0 Å². The van der Waals surface area contributed by atoms with Crippen LogP contribution in [-0.2, 0) is 19.1 Å². The van der Waals surface area contributed by atoms with Crippen LogP contribution in [0.4, 0.5) is 0 Å². The number of hydrogen-bond acceptors (Lipinski definition) is 4. The van der Waals surface area contributed by atoms with Crippen molar-refractivity contribution in [2.45, 2.75) is 6.42 Å². The minimum absolute atomic E-state index is 0.137. The van der Waals surface area contributed by atoms with Gasteiger partial charge in [0.25, 0.3) is 0 Å². The van der Waals surface area contributed by atoms with Crippen molar-refractivity contribution in [3.05, 3.63) is 0 Å². The fourth-order valence-electron chi connectivity index (χ4n) is 0.720. The molecule has 0 aliphatic heterocycles. The van der Waals surface area contributed by atoms with Gasteiger partial charge < -0.3 is 14.6 Å². The molecular formula is C7H12O5. The Morgan fingerprint density at radius 1 is 1.42 bits per heavy atom. The van der Waals surface area contributed by atoms with E-state index < -0.39 is 17.9 Å². The van der Waals surface area contributed by atoms with Crippen molar-refractivity contribution in [3.8, 4) is 0 Å². The highest BCUT2D eigenvalue weighted by molar-refractivity contribution is 5.93. The second-order valence-electron chi connectivity index (χ2n) is 2.20. The Hall–Kier alpha value is -1.10. The highest BCUT2D eigenvalue weighted by Crippen LogP contribution is 2.05. The summed E-state index contributed by atoms with van der Waals surface area (Å²) in [5.74, 6) is -3.03. The van der Waals surface area contributed by atoms with Crippen LogP contribution >= 0.6 is 0 Å². The van der Waals surface area contributed by atoms with E-state index in [4.69, 9.17) is 5.11 Å². The predicted molar refractivity (Wildman–Crippen MR) is 39.6 cm³/mol. The van der Waals surface area contributed by atoms with Crippen molar-refractivity contribution in [3.63, 3.8) is 0 Å². The van der Waals surface area contributed by atoms with Crippen LogP contribution in [0.3, 0.4) is 0 Å². The summed E-state index contributed by atoms with van der Waals surface area (Å²) in [7, 11) is 2.60. The number of aliphatic carboxylic acids is 1. The molecule has 70 valence electrons. The van der Waals surface area contributed by atoms with E-state index in [0.717, 1.165) is 7.11 Å². The molecule has 5 nitrogen and oxygen atoms in total. The molecule has 12 heavy (non-hydrogen) atoms. The minimum Gasteiger partial charge on any atom is -0.481 e. The van der Waals surface area contributed by atoms with E-state index in [9.17, 15) is 9.59 Å². The Morgan fingerprint density at radius 2 is 2.00 bits per heavy atom. The Bertz CT molecular complexity index is 165. The van der Waals surface area contributed by atoms with Crippen LogP contribution in [0.1, 0.15) is 6.42 Å². The summed E-state index contributed by atoms with van der Waals surface area (Å²) < 4.78 is 8.94. The molecule has 0 bridgehead atoms. The van der Waals surface area contributed by atoms with Crippen molar-refractivity contribution >= 4 is 11.9 Å². The molecule has 1 atom stereocenters. The van der Waals surface area contributed by atoms with Crippen LogP contribution < -0.4 is 0 Å². The zero-order chi connectivity index (χ0) is 9.56. The smallest absolute Gasteiger partial charge is 0.320 e. The normalized spacial score (nSPS) is 12.2. The number of ether oxygens (including phenoxy) is 2. The first kappa shape index (κ1) is 10.9. The van der Waals surface area contributed by atoms with Crippen molar-refractivity contribution in [2.75, 3.05) is 20.8 Å². The Morgan fingerprint density at radius 3 is 2.33 bits per heavy atom. The predicted octanol–water partition coefficient (Wildman–Crippen LogP) is -0.103. The molecule has 1 N–H and O–H groups in total. The molecule has 0 fully saturated rings. The van der Waals surface area contributed by atoms with E-state index in [1.165, 1.54) is 7.11 Å². The summed E-state index contributed by atoms with van der Waals surface area (Å²) in [6, 6.07) is 0. The molecule has 0 aliphatic rings. The van der Waals surface area contributed by atoms with Gasteiger partial charge >= 0.3 is 11.9 Å². The largest absolute Gasteiger partial charge is 0.481 e. The van der Waals surface area contributed by atoms with Gasteiger partial charge in [0.05, 0.1) is 7.11 Å². The molecule has 0 heterocycles. The molecule has 0 spiro atoms. The third-order valence-corrected chi connectivity index (χ3v) is 1.39. The molecule has 5 heteroatoms. The van der Waals surface area contributed by atoms with Gasteiger partial charge in [-0.2, -0.15) is 0 Å². The Balaban J connectivity index is 4.04. The summed E-state index contributed by atoms with van der Waals surface area (Å²) in [6.07, 6.45) is 0.137. The van der Waals surface area contributed by atoms with Gasteiger partial charge in [-0.25, -0.2) is 0 Å². The van der Waals surface area contributed by atoms with Gasteiger partial charge in [0, 0.05) is 13.7 Å². The number of carbonyl (C=O) groups excluding carboxylic acids is 1. The Labute approximate surface area is 70.3 Å². The maximum atomic E-state index is 10.8. The number of carboxylic acids is 1. The zero-order valence-electron chi connectivity index (χ0n) is 7.07. The topological polar surface area (TPSA) is 72.8 Å². The number of carbonyl (C=O) groups is 2. The maximum Gasteiger partial charge on any atom is 0.320 e. The summed E-state index contributed by atoms with van der Waals surface area (Å²) >= 11 is 0. The van der Waals surface area contributed by atoms with E-state index >= 15 is 0 Å². The first-order chi connectivity index (χ1) is 5.63. The minimum atomic E-state index is -1.18. The lowest BCUT2D eigenvalue weighted by Gasteiger charge is -2.08. The van der Waals surface area contributed by atoms with Crippen LogP contribution in [-0.4, -0.2) is 37.9 Å². The number of methoxy groups -OCH3 is 2. The maximum absolute atomic E-state index is 10.8. The lowest BCUT2D eigenvalue weighted by molar-refractivity contribution is -0.157. The molecule has 0 aromatic heterocycles. The van der Waals surface area contributed by atoms with Gasteiger partial charge in [-0.05, 0) is 6.42 Å². The van der Waals surface area contributed by atoms with E-state index in [1.807, 2.05) is 0 Å². The fourth-order valence-corrected chi connectivity index (χ4v) is 0.720. The second kappa shape index (κ2) is 5.54. The van der Waals surface area contributed by atoms with Gasteiger partial charge in [-0.3, -0.25) is 9.59 Å². The van der Waals surface area contributed by atoms with E-state index in [-0.39, 0.29) is 13.0 Å². The monoisotopic (exact) mass is 176 g/mol. The van der Waals surface area contributed by atoms with Gasteiger partial charge in [0.1, 0.15) is 0 Å². The number of esters is 1. The standard InChI is InChI=1S/C7H12O5/c1-11-4-3-5(6(8)9)7(10)12-2/h5H,3-4H2,1-2H3,(H,8,9). The Kier molecular flexibility index (Phi) is 5.03. The summed E-state index contributed by atoms with van der Waals surface area (Å²) in [4.78, 5) is 21.3. The van der Waals surface area contributed by atoms with Crippen LogP contribution in [0, 0.1) is 5.92 Å². The van der Waals surface area contributed by atoms with Crippen molar-refractivity contribution in [1.82, 2.24) is 0 Å². The second-order valence-corrected chi connectivity index (χ2v) is 2.20. The lowest BCUT2D eigenvalue weighted by Crippen LogP contribution is -2.26. The molecule has 0 saturated carbocycles. The molecule has 0 radical (unpaired) electrons. The molecule has 0 saturated heterocycles. The van der Waals surface area contributed by atoms with Crippen LogP contribution in [0.5, 0.6) is 0 Å². The summed E-state index contributed by atoms with van der Waals surface area (Å²) in [6.45, 7) is 0.228. The molecular weight excluding hydrogens is 164 g/mol. The number of carboxylic acid groups (broad SMARTS) is 1. The van der Waals surface area contributed by atoms with E-state index in [0.29, 0.717) is 0 Å². The highest BCUT2D eigenvalue weighted by Gasteiger charge is 2.26. The number of rotatable bonds is 5. The third-order valence-electron chi connectivity index (χ3n) is 1.39. The van der Waals surface area contributed by atoms with E-state index in [2.05, 4.69) is 9.47 Å². The van der Waals surface area contributed by atoms with Crippen LogP contribution in [0.2, 0.25) is 0 Å². The fraction of sp³-hybridized carbons (Fsp3) is 0.714. The first-order valence-corrected chi connectivity index (χ1v) is 3.43. The highest BCUT2D eigenvalue weighted by atomic mass is 16.5. The molecule has 0 amide bonds.